The van der Waals surface area contributed by atoms with Gasteiger partial charge in [0.1, 0.15) is 0 Å². The van der Waals surface area contributed by atoms with Gasteiger partial charge in [0, 0.05) is 77.9 Å². The van der Waals surface area contributed by atoms with Gasteiger partial charge in [-0.1, -0.05) is 53.2 Å². The van der Waals surface area contributed by atoms with Gasteiger partial charge in [-0.05, 0) is 49.9 Å². The zero-order valence-electron chi connectivity index (χ0n) is 22.5. The SMILES string of the molecule is CC1CN(CCCN2CCN(C)CC2)C(=O)c2c1[nH]c(C=C1C(=O)Nc3ccc(Br)cc31)c2-c1ccccc1. The van der Waals surface area contributed by atoms with Crippen LogP contribution in [0.15, 0.2) is 53.0 Å². The molecule has 0 saturated carbocycles. The van der Waals surface area contributed by atoms with Crippen LogP contribution in [0.1, 0.15) is 46.6 Å². The van der Waals surface area contributed by atoms with Crippen LogP contribution in [0.4, 0.5) is 5.69 Å². The molecule has 3 aromatic rings. The van der Waals surface area contributed by atoms with E-state index >= 15 is 0 Å². The average Bonchev–Trinajstić information content (AvgIpc) is 3.46. The van der Waals surface area contributed by atoms with E-state index in [1.165, 1.54) is 0 Å². The number of hydrogen-bond acceptors (Lipinski definition) is 4. The Balaban J connectivity index is 1.34. The Morgan fingerprint density at radius 1 is 1.00 bits per heavy atom. The molecule has 0 radical (unpaired) electrons. The van der Waals surface area contributed by atoms with E-state index in [0.717, 1.165) is 89.5 Å². The first-order valence-electron chi connectivity index (χ1n) is 13.7. The normalized spacial score (nSPS) is 20.8. The minimum absolute atomic E-state index is 0.0697. The van der Waals surface area contributed by atoms with Crippen molar-refractivity contribution in [2.24, 2.45) is 0 Å². The van der Waals surface area contributed by atoms with Crippen molar-refractivity contribution in [3.8, 4) is 11.1 Å². The summed E-state index contributed by atoms with van der Waals surface area (Å²) >= 11 is 3.54. The van der Waals surface area contributed by atoms with E-state index in [4.69, 9.17) is 0 Å². The van der Waals surface area contributed by atoms with Crippen LogP contribution in [0.2, 0.25) is 0 Å². The predicted molar refractivity (Wildman–Crippen MR) is 160 cm³/mol. The number of aromatic amines is 1. The summed E-state index contributed by atoms with van der Waals surface area (Å²) in [6.07, 6.45) is 2.87. The van der Waals surface area contributed by atoms with Gasteiger partial charge in [0.05, 0.1) is 11.1 Å². The topological polar surface area (TPSA) is 71.7 Å². The first-order valence-corrected chi connectivity index (χ1v) is 14.5. The molecule has 1 saturated heterocycles. The maximum absolute atomic E-state index is 14.0. The van der Waals surface area contributed by atoms with Crippen LogP contribution in [0, 0.1) is 0 Å². The van der Waals surface area contributed by atoms with Crippen LogP contribution in [0.3, 0.4) is 0 Å². The quantitative estimate of drug-likeness (QED) is 0.392. The van der Waals surface area contributed by atoms with Crippen molar-refractivity contribution in [2.75, 3.05) is 58.2 Å². The van der Waals surface area contributed by atoms with Crippen molar-refractivity contribution in [3.05, 3.63) is 75.5 Å². The molecule has 1 atom stereocenters. The Hall–Kier alpha value is -3.20. The Kier molecular flexibility index (Phi) is 7.18. The number of carbonyl (C=O) groups is 2. The van der Waals surface area contributed by atoms with Crippen LogP contribution in [0.5, 0.6) is 0 Å². The van der Waals surface area contributed by atoms with Crippen LogP contribution in [0.25, 0.3) is 22.8 Å². The van der Waals surface area contributed by atoms with Crippen LogP contribution < -0.4 is 5.32 Å². The molecule has 0 aliphatic carbocycles. The number of piperazine rings is 1. The van der Waals surface area contributed by atoms with Crippen LogP contribution >= 0.6 is 15.9 Å². The number of likely N-dealkylation sites (N-methyl/N-ethyl adjacent to an activating group) is 1. The molecule has 0 spiro atoms. The fraction of sp³-hybridized carbons (Fsp3) is 0.355. The number of H-pyrrole nitrogens is 1. The maximum Gasteiger partial charge on any atom is 0.256 e. The molecule has 6 rings (SSSR count). The van der Waals surface area contributed by atoms with Gasteiger partial charge < -0.3 is 25.0 Å². The van der Waals surface area contributed by atoms with Crippen molar-refractivity contribution >= 4 is 45.1 Å². The summed E-state index contributed by atoms with van der Waals surface area (Å²) in [5.74, 6) is 0.0922. The minimum atomic E-state index is -0.139. The highest BCUT2D eigenvalue weighted by atomic mass is 79.9. The standard InChI is InChI=1S/C31H34BrN5O2/c1-20-19-37(12-6-11-36-15-13-35(2)14-16-36)31(39)28-27(21-7-4-3-5-8-21)26(33-29(20)28)18-24-23-17-22(32)9-10-25(23)34-30(24)38/h3-5,7-10,17-18,20,33H,6,11-16,19H2,1-2H3,(H,34,38). The lowest BCUT2D eigenvalue weighted by atomic mass is 9.91. The summed E-state index contributed by atoms with van der Waals surface area (Å²) in [5.41, 5.74) is 6.56. The van der Waals surface area contributed by atoms with Gasteiger partial charge >= 0.3 is 0 Å². The minimum Gasteiger partial charge on any atom is -0.357 e. The molecular weight excluding hydrogens is 554 g/mol. The van der Waals surface area contributed by atoms with Crippen molar-refractivity contribution in [3.63, 3.8) is 0 Å². The first-order chi connectivity index (χ1) is 18.9. The summed E-state index contributed by atoms with van der Waals surface area (Å²) in [6.45, 7) is 9.01. The van der Waals surface area contributed by atoms with Crippen LogP contribution in [-0.2, 0) is 4.79 Å². The summed E-state index contributed by atoms with van der Waals surface area (Å²) in [4.78, 5) is 37.5. The molecule has 1 aromatic heterocycles. The Morgan fingerprint density at radius 2 is 1.77 bits per heavy atom. The van der Waals surface area contributed by atoms with Gasteiger partial charge in [-0.25, -0.2) is 0 Å². The smallest absolute Gasteiger partial charge is 0.256 e. The molecule has 2 N–H and O–H groups in total. The Morgan fingerprint density at radius 3 is 2.54 bits per heavy atom. The number of amides is 2. The van der Waals surface area contributed by atoms with Gasteiger partial charge in [-0.3, -0.25) is 9.59 Å². The van der Waals surface area contributed by atoms with E-state index in [-0.39, 0.29) is 17.7 Å². The fourth-order valence-electron chi connectivity index (χ4n) is 6.00. The maximum atomic E-state index is 14.0. The van der Waals surface area contributed by atoms with E-state index in [1.54, 1.807) is 0 Å². The molecule has 3 aliphatic heterocycles. The largest absolute Gasteiger partial charge is 0.357 e. The molecule has 8 heteroatoms. The molecule has 1 fully saturated rings. The molecule has 0 bridgehead atoms. The summed E-state index contributed by atoms with van der Waals surface area (Å²) in [5, 5.41) is 2.97. The summed E-state index contributed by atoms with van der Waals surface area (Å²) in [6, 6.07) is 15.8. The molecule has 4 heterocycles. The third-order valence-corrected chi connectivity index (χ3v) is 8.65. The molecule has 1 unspecified atom stereocenters. The van der Waals surface area contributed by atoms with Gasteiger partial charge in [0.2, 0.25) is 0 Å². The van der Waals surface area contributed by atoms with Gasteiger partial charge in [-0.15, -0.1) is 0 Å². The number of fused-ring (bicyclic) bond motifs is 2. The van der Waals surface area contributed by atoms with Gasteiger partial charge in [-0.2, -0.15) is 0 Å². The molecular formula is C31H34BrN5O2. The van der Waals surface area contributed by atoms with Gasteiger partial charge in [0.25, 0.3) is 11.8 Å². The zero-order chi connectivity index (χ0) is 27.1. The number of nitrogens with zero attached hydrogens (tertiary/aromatic N) is 3. The Bertz CT molecular complexity index is 1440. The number of nitrogens with one attached hydrogen (secondary N) is 2. The molecule has 2 aromatic carbocycles. The second-order valence-corrected chi connectivity index (χ2v) is 11.8. The summed E-state index contributed by atoms with van der Waals surface area (Å²) in [7, 11) is 2.17. The van der Waals surface area contributed by atoms with E-state index < -0.39 is 0 Å². The number of hydrogen-bond donors (Lipinski definition) is 2. The number of aromatic nitrogens is 1. The number of anilines is 1. The monoisotopic (exact) mass is 587 g/mol. The third kappa shape index (κ3) is 5.09. The van der Waals surface area contributed by atoms with Crippen molar-refractivity contribution in [1.82, 2.24) is 19.7 Å². The number of benzene rings is 2. The molecule has 2 amide bonds. The van der Waals surface area contributed by atoms with Gasteiger partial charge in [0.15, 0.2) is 0 Å². The highest BCUT2D eigenvalue weighted by molar-refractivity contribution is 9.10. The van der Waals surface area contributed by atoms with E-state index in [9.17, 15) is 9.59 Å². The van der Waals surface area contributed by atoms with Crippen LogP contribution in [-0.4, -0.2) is 84.4 Å². The fourth-order valence-corrected chi connectivity index (χ4v) is 6.37. The lowest BCUT2D eigenvalue weighted by Gasteiger charge is -2.34. The number of halogens is 1. The molecule has 202 valence electrons. The van der Waals surface area contributed by atoms with E-state index in [1.807, 2.05) is 59.5 Å². The first kappa shape index (κ1) is 26.0. The van der Waals surface area contributed by atoms with E-state index in [2.05, 4.69) is 50.0 Å². The number of carbonyl (C=O) groups excluding carboxylic acids is 2. The zero-order valence-corrected chi connectivity index (χ0v) is 24.1. The highest BCUT2D eigenvalue weighted by Gasteiger charge is 2.35. The predicted octanol–water partition coefficient (Wildman–Crippen LogP) is 5.13. The third-order valence-electron chi connectivity index (χ3n) is 8.16. The van der Waals surface area contributed by atoms with Crippen molar-refractivity contribution < 1.29 is 9.59 Å². The lowest BCUT2D eigenvalue weighted by Crippen LogP contribution is -2.46. The van der Waals surface area contributed by atoms with E-state index in [0.29, 0.717) is 12.1 Å². The molecule has 3 aliphatic rings. The average molecular weight is 589 g/mol. The van der Waals surface area contributed by atoms with Crippen molar-refractivity contribution in [2.45, 2.75) is 19.3 Å². The Labute approximate surface area is 238 Å². The second kappa shape index (κ2) is 10.8. The van der Waals surface area contributed by atoms with Crippen molar-refractivity contribution in [1.29, 1.82) is 0 Å². The summed E-state index contributed by atoms with van der Waals surface area (Å²) < 4.78 is 0.911. The second-order valence-electron chi connectivity index (χ2n) is 10.9. The molecule has 7 nitrogen and oxygen atoms in total. The molecule has 39 heavy (non-hydrogen) atoms. The number of rotatable bonds is 6. The highest BCUT2D eigenvalue weighted by Crippen LogP contribution is 2.41. The lowest BCUT2D eigenvalue weighted by molar-refractivity contribution is -0.110.